The number of ether oxygens (including phenoxy) is 1. The summed E-state index contributed by atoms with van der Waals surface area (Å²) in [4.78, 5) is 52.6. The summed E-state index contributed by atoms with van der Waals surface area (Å²) in [5, 5.41) is 0. The second-order valence-electron chi connectivity index (χ2n) is 8.11. The molecule has 7 nitrogen and oxygen atoms in total. The molecule has 1 heterocycles. The van der Waals surface area contributed by atoms with Gasteiger partial charge in [0.15, 0.2) is 6.61 Å². The molecule has 0 radical (unpaired) electrons. The van der Waals surface area contributed by atoms with Crippen LogP contribution in [0.1, 0.15) is 55.2 Å². The highest BCUT2D eigenvalue weighted by atomic mass is 16.5. The van der Waals surface area contributed by atoms with Crippen LogP contribution in [-0.2, 0) is 16.1 Å². The van der Waals surface area contributed by atoms with Crippen LogP contribution in [-0.4, -0.2) is 47.1 Å². The molecule has 0 saturated carbocycles. The van der Waals surface area contributed by atoms with Gasteiger partial charge in [0.05, 0.1) is 29.3 Å². The summed E-state index contributed by atoms with van der Waals surface area (Å²) in [5.74, 6) is -1.61. The van der Waals surface area contributed by atoms with E-state index in [1.807, 2.05) is 37.3 Å². The molecule has 0 spiro atoms. The summed E-state index contributed by atoms with van der Waals surface area (Å²) in [7, 11) is 1.67. The summed E-state index contributed by atoms with van der Waals surface area (Å²) in [6.07, 6.45) is 0. The van der Waals surface area contributed by atoms with Crippen molar-refractivity contribution in [2.75, 3.05) is 13.7 Å². The van der Waals surface area contributed by atoms with Crippen LogP contribution in [0, 0.1) is 0 Å². The van der Waals surface area contributed by atoms with E-state index >= 15 is 0 Å². The summed E-state index contributed by atoms with van der Waals surface area (Å²) in [5.41, 5.74) is 2.74. The number of benzene rings is 3. The maximum absolute atomic E-state index is 12.5. The normalized spacial score (nSPS) is 13.4. The monoisotopic (exact) mass is 456 g/mol. The predicted molar refractivity (Wildman–Crippen MR) is 125 cm³/mol. The third kappa shape index (κ3) is 4.59. The Morgan fingerprint density at radius 1 is 0.853 bits per heavy atom. The lowest BCUT2D eigenvalue weighted by molar-refractivity contribution is -0.135. The van der Waals surface area contributed by atoms with Crippen molar-refractivity contribution in [3.8, 4) is 0 Å². The lowest BCUT2D eigenvalue weighted by atomic mass is 10.1. The number of esters is 1. The summed E-state index contributed by atoms with van der Waals surface area (Å²) in [6.45, 7) is 1.63. The minimum absolute atomic E-state index is 0.0995. The van der Waals surface area contributed by atoms with E-state index in [0.717, 1.165) is 5.56 Å². The van der Waals surface area contributed by atoms with E-state index in [9.17, 15) is 19.2 Å². The van der Waals surface area contributed by atoms with Gasteiger partial charge in [0.1, 0.15) is 0 Å². The number of amides is 3. The third-order valence-electron chi connectivity index (χ3n) is 5.99. The first kappa shape index (κ1) is 22.9. The Labute approximate surface area is 197 Å². The van der Waals surface area contributed by atoms with E-state index in [1.165, 1.54) is 9.80 Å². The van der Waals surface area contributed by atoms with Gasteiger partial charge in [-0.05, 0) is 42.3 Å². The molecule has 1 unspecified atom stereocenters. The van der Waals surface area contributed by atoms with Crippen LogP contribution in [0.25, 0.3) is 0 Å². The maximum Gasteiger partial charge on any atom is 0.338 e. The second-order valence-corrected chi connectivity index (χ2v) is 8.11. The van der Waals surface area contributed by atoms with Crippen molar-refractivity contribution in [1.82, 2.24) is 9.80 Å². The minimum Gasteiger partial charge on any atom is -0.452 e. The van der Waals surface area contributed by atoms with Gasteiger partial charge in [0, 0.05) is 7.05 Å². The summed E-state index contributed by atoms with van der Waals surface area (Å²) < 4.78 is 5.20. The molecule has 0 aliphatic carbocycles. The lowest BCUT2D eigenvalue weighted by Crippen LogP contribution is -2.33. The zero-order chi connectivity index (χ0) is 24.2. The number of hydrogen-bond acceptors (Lipinski definition) is 5. The number of imide groups is 1. The van der Waals surface area contributed by atoms with Gasteiger partial charge in [-0.3, -0.25) is 19.3 Å². The van der Waals surface area contributed by atoms with Crippen molar-refractivity contribution in [3.05, 3.63) is 107 Å². The van der Waals surface area contributed by atoms with E-state index in [4.69, 9.17) is 4.74 Å². The molecule has 172 valence electrons. The van der Waals surface area contributed by atoms with Crippen LogP contribution in [0.3, 0.4) is 0 Å². The third-order valence-corrected chi connectivity index (χ3v) is 5.99. The molecule has 0 aromatic heterocycles. The fourth-order valence-corrected chi connectivity index (χ4v) is 3.80. The molecular formula is C27H24N2O5. The van der Waals surface area contributed by atoms with Crippen molar-refractivity contribution in [2.45, 2.75) is 19.5 Å². The quantitative estimate of drug-likeness (QED) is 0.398. The molecule has 7 heteroatoms. The Kier molecular flexibility index (Phi) is 6.54. The van der Waals surface area contributed by atoms with Gasteiger partial charge in [-0.15, -0.1) is 0 Å². The van der Waals surface area contributed by atoms with E-state index in [0.29, 0.717) is 16.7 Å². The first-order valence-electron chi connectivity index (χ1n) is 10.9. The Bertz CT molecular complexity index is 1200. The highest BCUT2D eigenvalue weighted by Gasteiger charge is 2.34. The van der Waals surface area contributed by atoms with Gasteiger partial charge in [-0.1, -0.05) is 54.6 Å². The fraction of sp³-hybridized carbons (Fsp3) is 0.185. The van der Waals surface area contributed by atoms with E-state index in [2.05, 4.69) is 0 Å². The number of likely N-dealkylation sites (N-methyl/N-ethyl adjacent to an activating group) is 1. The molecular weight excluding hydrogens is 432 g/mol. The van der Waals surface area contributed by atoms with E-state index in [1.54, 1.807) is 55.6 Å². The number of fused-ring (bicyclic) bond motifs is 1. The van der Waals surface area contributed by atoms with Crippen molar-refractivity contribution in [3.63, 3.8) is 0 Å². The number of carbonyl (C=O) groups excluding carboxylic acids is 4. The molecule has 3 aromatic rings. The zero-order valence-electron chi connectivity index (χ0n) is 18.9. The number of nitrogens with zero attached hydrogens (tertiary/aromatic N) is 2. The maximum atomic E-state index is 12.5. The first-order chi connectivity index (χ1) is 16.4. The largest absolute Gasteiger partial charge is 0.452 e. The van der Waals surface area contributed by atoms with Crippen molar-refractivity contribution >= 4 is 23.7 Å². The van der Waals surface area contributed by atoms with Crippen LogP contribution in [0.4, 0.5) is 0 Å². The van der Waals surface area contributed by atoms with E-state index < -0.39 is 5.97 Å². The van der Waals surface area contributed by atoms with Crippen LogP contribution >= 0.6 is 0 Å². The molecule has 0 N–H and O–H groups in total. The smallest absolute Gasteiger partial charge is 0.338 e. The van der Waals surface area contributed by atoms with Gasteiger partial charge in [-0.2, -0.15) is 0 Å². The number of carbonyl (C=O) groups is 4. The van der Waals surface area contributed by atoms with Gasteiger partial charge >= 0.3 is 5.97 Å². The molecule has 1 aliphatic heterocycles. The molecule has 1 aliphatic rings. The highest BCUT2D eigenvalue weighted by molar-refractivity contribution is 6.21. The Balaban J connectivity index is 1.32. The first-order valence-corrected chi connectivity index (χ1v) is 10.9. The molecule has 0 fully saturated rings. The Hall–Kier alpha value is -4.26. The molecule has 3 amide bonds. The molecule has 1 atom stereocenters. The summed E-state index contributed by atoms with van der Waals surface area (Å²) >= 11 is 0. The van der Waals surface area contributed by atoms with Crippen molar-refractivity contribution < 1.29 is 23.9 Å². The minimum atomic E-state index is -0.624. The van der Waals surface area contributed by atoms with Gasteiger partial charge in [0.2, 0.25) is 0 Å². The molecule has 34 heavy (non-hydrogen) atoms. The highest BCUT2D eigenvalue weighted by Crippen LogP contribution is 2.24. The summed E-state index contributed by atoms with van der Waals surface area (Å²) in [6, 6.07) is 22.6. The topological polar surface area (TPSA) is 84.0 Å². The second kappa shape index (κ2) is 9.70. The number of hydrogen-bond donors (Lipinski definition) is 0. The van der Waals surface area contributed by atoms with Crippen LogP contribution in [0.15, 0.2) is 78.9 Å². The number of rotatable bonds is 7. The molecule has 4 rings (SSSR count). The van der Waals surface area contributed by atoms with E-state index in [-0.39, 0.29) is 42.5 Å². The standard InChI is InChI=1S/C27H24N2O5/c1-18(20-8-4-3-5-9-20)28(2)24(30)17-34-27(33)21-14-12-19(13-15-21)16-29-25(31)22-10-6-7-11-23(22)26(29)32/h3-15,18H,16-17H2,1-2H3. The van der Waals surface area contributed by atoms with Crippen LogP contribution in [0.2, 0.25) is 0 Å². The SMILES string of the molecule is CC(c1ccccc1)N(C)C(=O)COC(=O)c1ccc(CN2C(=O)c3ccccc3C2=O)cc1. The molecule has 0 saturated heterocycles. The van der Waals surface area contributed by atoms with Gasteiger partial charge in [-0.25, -0.2) is 4.79 Å². The van der Waals surface area contributed by atoms with Crippen LogP contribution in [0.5, 0.6) is 0 Å². The van der Waals surface area contributed by atoms with Gasteiger partial charge in [0.25, 0.3) is 17.7 Å². The van der Waals surface area contributed by atoms with Crippen molar-refractivity contribution in [2.24, 2.45) is 0 Å². The molecule has 0 bridgehead atoms. The lowest BCUT2D eigenvalue weighted by Gasteiger charge is -2.25. The molecule has 3 aromatic carbocycles. The average Bonchev–Trinajstić information content (AvgIpc) is 3.12. The van der Waals surface area contributed by atoms with Gasteiger partial charge < -0.3 is 9.64 Å². The average molecular weight is 456 g/mol. The predicted octanol–water partition coefficient (Wildman–Crippen LogP) is 3.86. The Morgan fingerprint density at radius 3 is 2.00 bits per heavy atom. The Morgan fingerprint density at radius 2 is 1.41 bits per heavy atom. The zero-order valence-corrected chi connectivity index (χ0v) is 18.9. The van der Waals surface area contributed by atoms with Crippen molar-refractivity contribution in [1.29, 1.82) is 0 Å². The fourth-order valence-electron chi connectivity index (χ4n) is 3.80. The van der Waals surface area contributed by atoms with Crippen LogP contribution < -0.4 is 0 Å².